The highest BCUT2D eigenvalue weighted by Gasteiger charge is 2.47. The zero-order valence-electron chi connectivity index (χ0n) is 13.7. The third-order valence-corrected chi connectivity index (χ3v) is 6.79. The van der Waals surface area contributed by atoms with Gasteiger partial charge in [-0.15, -0.1) is 0 Å². The summed E-state index contributed by atoms with van der Waals surface area (Å²) in [7, 11) is -3.81. The SMILES string of the molecule is CCOc1ccc(S(=O)(=O)N2C3CCC2c2cncnc2C3)cc1F. The minimum atomic E-state index is -3.81. The molecule has 0 spiro atoms. The van der Waals surface area contributed by atoms with Crippen molar-refractivity contribution < 1.29 is 17.5 Å². The lowest BCUT2D eigenvalue weighted by Crippen LogP contribution is -2.42. The van der Waals surface area contributed by atoms with Gasteiger partial charge in [0.25, 0.3) is 0 Å². The summed E-state index contributed by atoms with van der Waals surface area (Å²) in [6.07, 6.45) is 5.23. The van der Waals surface area contributed by atoms with Gasteiger partial charge in [-0.1, -0.05) is 0 Å². The molecule has 2 aliphatic heterocycles. The van der Waals surface area contributed by atoms with Crippen molar-refractivity contribution in [1.82, 2.24) is 14.3 Å². The largest absolute Gasteiger partial charge is 0.491 e. The zero-order valence-corrected chi connectivity index (χ0v) is 14.5. The van der Waals surface area contributed by atoms with Crippen LogP contribution in [0, 0.1) is 5.82 Å². The standard InChI is InChI=1S/C17H18FN3O3S/c1-2-24-17-6-4-12(8-14(17)18)25(22,23)21-11-3-5-16(21)13-9-19-10-20-15(13)7-11/h4,6,8-11,16H,2-3,5,7H2,1H3. The number of hydrogen-bond acceptors (Lipinski definition) is 5. The first-order chi connectivity index (χ1) is 12.0. The molecule has 2 bridgehead atoms. The lowest BCUT2D eigenvalue weighted by atomic mass is 10.0. The Morgan fingerprint density at radius 3 is 2.96 bits per heavy atom. The van der Waals surface area contributed by atoms with E-state index in [1.165, 1.54) is 22.8 Å². The number of sulfonamides is 1. The Kier molecular flexibility index (Phi) is 3.96. The molecule has 2 aliphatic rings. The number of aromatic nitrogens is 2. The van der Waals surface area contributed by atoms with Gasteiger partial charge < -0.3 is 4.74 Å². The van der Waals surface area contributed by atoms with Crippen molar-refractivity contribution in [3.63, 3.8) is 0 Å². The Bertz CT molecular complexity index is 919. The Labute approximate surface area is 145 Å². The second kappa shape index (κ2) is 6.03. The van der Waals surface area contributed by atoms with Crippen LogP contribution in [0.4, 0.5) is 4.39 Å². The molecule has 3 heterocycles. The summed E-state index contributed by atoms with van der Waals surface area (Å²) >= 11 is 0. The Morgan fingerprint density at radius 2 is 2.20 bits per heavy atom. The van der Waals surface area contributed by atoms with Crippen molar-refractivity contribution in [1.29, 1.82) is 0 Å². The molecule has 0 aliphatic carbocycles. The van der Waals surface area contributed by atoms with Crippen molar-refractivity contribution in [2.24, 2.45) is 0 Å². The first-order valence-electron chi connectivity index (χ1n) is 8.27. The average molecular weight is 363 g/mol. The van der Waals surface area contributed by atoms with Crippen molar-refractivity contribution in [3.05, 3.63) is 47.8 Å². The van der Waals surface area contributed by atoms with Gasteiger partial charge >= 0.3 is 0 Å². The summed E-state index contributed by atoms with van der Waals surface area (Å²) < 4.78 is 47.1. The molecule has 1 saturated heterocycles. The number of hydrogen-bond donors (Lipinski definition) is 0. The maximum absolute atomic E-state index is 14.2. The number of benzene rings is 1. The van der Waals surface area contributed by atoms with E-state index in [0.717, 1.165) is 30.2 Å². The van der Waals surface area contributed by atoms with Crippen LogP contribution >= 0.6 is 0 Å². The molecule has 2 atom stereocenters. The molecule has 132 valence electrons. The van der Waals surface area contributed by atoms with Crippen LogP contribution in [0.3, 0.4) is 0 Å². The number of nitrogens with zero attached hydrogens (tertiary/aromatic N) is 3. The van der Waals surface area contributed by atoms with Gasteiger partial charge in [0.05, 0.1) is 23.2 Å². The van der Waals surface area contributed by atoms with Gasteiger partial charge in [0.2, 0.25) is 10.0 Å². The molecule has 1 fully saturated rings. The van der Waals surface area contributed by atoms with Crippen LogP contribution in [0.1, 0.15) is 37.1 Å². The zero-order chi connectivity index (χ0) is 17.6. The second-order valence-electron chi connectivity index (χ2n) is 6.24. The predicted molar refractivity (Wildman–Crippen MR) is 88.1 cm³/mol. The van der Waals surface area contributed by atoms with Gasteiger partial charge in [0.15, 0.2) is 11.6 Å². The van der Waals surface area contributed by atoms with E-state index >= 15 is 0 Å². The van der Waals surface area contributed by atoms with Crippen LogP contribution in [0.5, 0.6) is 5.75 Å². The molecular formula is C17H18FN3O3S. The van der Waals surface area contributed by atoms with Crippen molar-refractivity contribution >= 4 is 10.0 Å². The first kappa shape index (κ1) is 16.4. The highest BCUT2D eigenvalue weighted by atomic mass is 32.2. The van der Waals surface area contributed by atoms with E-state index in [4.69, 9.17) is 4.74 Å². The normalized spacial score (nSPS) is 22.6. The molecule has 0 amide bonds. The smallest absolute Gasteiger partial charge is 0.244 e. The first-order valence-corrected chi connectivity index (χ1v) is 9.71. The fourth-order valence-electron chi connectivity index (χ4n) is 3.78. The van der Waals surface area contributed by atoms with Gasteiger partial charge in [-0.3, -0.25) is 0 Å². The average Bonchev–Trinajstić information content (AvgIpc) is 2.93. The van der Waals surface area contributed by atoms with E-state index in [0.29, 0.717) is 13.0 Å². The fraction of sp³-hybridized carbons (Fsp3) is 0.412. The molecular weight excluding hydrogens is 345 g/mol. The highest BCUT2D eigenvalue weighted by Crippen LogP contribution is 2.46. The Hall–Kier alpha value is -2.06. The van der Waals surface area contributed by atoms with Crippen molar-refractivity contribution in [2.75, 3.05) is 6.61 Å². The quantitative estimate of drug-likeness (QED) is 0.834. The number of fused-ring (bicyclic) bond motifs is 4. The summed E-state index contributed by atoms with van der Waals surface area (Å²) in [6.45, 7) is 2.06. The molecule has 6 nitrogen and oxygen atoms in total. The number of halogens is 1. The third kappa shape index (κ3) is 2.60. The van der Waals surface area contributed by atoms with E-state index in [9.17, 15) is 12.8 Å². The van der Waals surface area contributed by atoms with Crippen molar-refractivity contribution in [2.45, 2.75) is 43.2 Å². The van der Waals surface area contributed by atoms with Crippen LogP contribution in [-0.2, 0) is 16.4 Å². The van der Waals surface area contributed by atoms with Crippen LogP contribution in [0.25, 0.3) is 0 Å². The molecule has 0 N–H and O–H groups in total. The van der Waals surface area contributed by atoms with Crippen molar-refractivity contribution in [3.8, 4) is 5.75 Å². The molecule has 1 aromatic heterocycles. The van der Waals surface area contributed by atoms with E-state index in [2.05, 4.69) is 9.97 Å². The van der Waals surface area contributed by atoms with E-state index in [-0.39, 0.29) is 22.7 Å². The minimum Gasteiger partial charge on any atom is -0.491 e. The van der Waals surface area contributed by atoms with E-state index < -0.39 is 15.8 Å². The minimum absolute atomic E-state index is 0.0503. The lowest BCUT2D eigenvalue weighted by Gasteiger charge is -2.34. The monoisotopic (exact) mass is 363 g/mol. The topological polar surface area (TPSA) is 72.4 Å². The predicted octanol–water partition coefficient (Wildman–Crippen LogP) is 2.46. The van der Waals surface area contributed by atoms with Gasteiger partial charge in [0, 0.05) is 24.2 Å². The molecule has 0 saturated carbocycles. The van der Waals surface area contributed by atoms with E-state index in [1.54, 1.807) is 13.1 Å². The van der Waals surface area contributed by atoms with E-state index in [1.807, 2.05) is 0 Å². The van der Waals surface area contributed by atoms with Crippen LogP contribution in [-0.4, -0.2) is 35.3 Å². The fourth-order valence-corrected chi connectivity index (χ4v) is 5.64. The number of rotatable bonds is 4. The Balaban J connectivity index is 1.73. The summed E-state index contributed by atoms with van der Waals surface area (Å²) in [4.78, 5) is 8.28. The molecule has 4 rings (SSSR count). The van der Waals surface area contributed by atoms with Gasteiger partial charge in [0.1, 0.15) is 6.33 Å². The van der Waals surface area contributed by atoms with Crippen LogP contribution < -0.4 is 4.74 Å². The summed E-state index contributed by atoms with van der Waals surface area (Å²) in [5, 5.41) is 0. The summed E-state index contributed by atoms with van der Waals surface area (Å²) in [5.41, 5.74) is 1.76. The maximum atomic E-state index is 14.2. The third-order valence-electron chi connectivity index (χ3n) is 4.83. The molecule has 25 heavy (non-hydrogen) atoms. The molecule has 2 aromatic rings. The highest BCUT2D eigenvalue weighted by molar-refractivity contribution is 7.89. The maximum Gasteiger partial charge on any atom is 0.244 e. The van der Waals surface area contributed by atoms with Gasteiger partial charge in [-0.25, -0.2) is 22.8 Å². The van der Waals surface area contributed by atoms with Crippen LogP contribution in [0.15, 0.2) is 35.6 Å². The molecule has 1 aromatic carbocycles. The van der Waals surface area contributed by atoms with Gasteiger partial charge in [-0.2, -0.15) is 4.31 Å². The van der Waals surface area contributed by atoms with Gasteiger partial charge in [-0.05, 0) is 38.0 Å². The molecule has 0 radical (unpaired) electrons. The number of ether oxygens (including phenoxy) is 1. The van der Waals surface area contributed by atoms with Crippen LogP contribution in [0.2, 0.25) is 0 Å². The molecule has 2 unspecified atom stereocenters. The summed E-state index contributed by atoms with van der Waals surface area (Å²) in [6, 6.07) is 3.38. The lowest BCUT2D eigenvalue weighted by molar-refractivity contribution is 0.299. The molecule has 8 heteroatoms. The second-order valence-corrected chi connectivity index (χ2v) is 8.08. The Morgan fingerprint density at radius 1 is 1.36 bits per heavy atom. The summed E-state index contributed by atoms with van der Waals surface area (Å²) in [5.74, 6) is -0.613.